The molecule has 2 atom stereocenters. The van der Waals surface area contributed by atoms with Gasteiger partial charge in [-0.3, -0.25) is 0 Å². The molecule has 1 saturated carbocycles. The fourth-order valence-electron chi connectivity index (χ4n) is 3.55. The highest BCUT2D eigenvalue weighted by molar-refractivity contribution is 7.17. The molecule has 3 aromatic rings. The fourth-order valence-corrected chi connectivity index (χ4v) is 4.33. The van der Waals surface area contributed by atoms with Crippen molar-refractivity contribution in [2.24, 2.45) is 0 Å². The van der Waals surface area contributed by atoms with Crippen molar-refractivity contribution in [3.8, 4) is 17.0 Å². The first kappa shape index (κ1) is 16.3. The minimum absolute atomic E-state index is 0.228. The van der Waals surface area contributed by atoms with Crippen LogP contribution in [0.2, 0.25) is 0 Å². The molecule has 130 valence electrons. The van der Waals surface area contributed by atoms with Crippen molar-refractivity contribution >= 4 is 27.2 Å². The van der Waals surface area contributed by atoms with Crippen LogP contribution in [0, 0.1) is 6.92 Å². The number of aryl methyl sites for hydroxylation is 1. The Kier molecular flexibility index (Phi) is 4.31. The lowest BCUT2D eigenvalue weighted by Crippen LogP contribution is -2.30. The Morgan fingerprint density at radius 1 is 1.20 bits per heavy atom. The number of phenols is 1. The zero-order valence-electron chi connectivity index (χ0n) is 14.1. The Hall–Kier alpha value is -2.18. The van der Waals surface area contributed by atoms with Crippen molar-refractivity contribution in [1.29, 1.82) is 0 Å². The summed E-state index contributed by atoms with van der Waals surface area (Å²) in [7, 11) is 0. The second-order valence-electron chi connectivity index (χ2n) is 6.72. The molecule has 5 nitrogen and oxygen atoms in total. The molecule has 1 aromatic carbocycles. The summed E-state index contributed by atoms with van der Waals surface area (Å²) in [6, 6.07) is 8.02. The predicted octanol–water partition coefficient (Wildman–Crippen LogP) is 4.09. The molecule has 2 heterocycles. The molecule has 4 rings (SSSR count). The summed E-state index contributed by atoms with van der Waals surface area (Å²) >= 11 is 1.61. The molecule has 0 radical (unpaired) electrons. The lowest BCUT2D eigenvalue weighted by Gasteiger charge is -2.27. The second-order valence-corrected chi connectivity index (χ2v) is 7.66. The van der Waals surface area contributed by atoms with Gasteiger partial charge in [-0.05, 0) is 67.8 Å². The lowest BCUT2D eigenvalue weighted by atomic mass is 9.93. The van der Waals surface area contributed by atoms with E-state index in [1.807, 2.05) is 36.6 Å². The number of phenolic OH excluding ortho intramolecular Hbond substituents is 1. The van der Waals surface area contributed by atoms with Gasteiger partial charge in [-0.15, -0.1) is 21.5 Å². The molecule has 1 aliphatic carbocycles. The van der Waals surface area contributed by atoms with Crippen molar-refractivity contribution in [1.82, 2.24) is 10.2 Å². The molecule has 1 aliphatic rings. The molecule has 6 heteroatoms. The van der Waals surface area contributed by atoms with E-state index in [2.05, 4.69) is 15.5 Å². The van der Waals surface area contributed by atoms with Gasteiger partial charge in [-0.25, -0.2) is 0 Å². The van der Waals surface area contributed by atoms with Gasteiger partial charge >= 0.3 is 0 Å². The monoisotopic (exact) mass is 355 g/mol. The van der Waals surface area contributed by atoms with E-state index in [4.69, 9.17) is 0 Å². The number of nitrogens with one attached hydrogen (secondary N) is 1. The van der Waals surface area contributed by atoms with Gasteiger partial charge in [0.1, 0.15) is 11.6 Å². The van der Waals surface area contributed by atoms with Crippen LogP contribution in [-0.2, 0) is 0 Å². The molecule has 0 spiro atoms. The minimum atomic E-state index is -0.228. The van der Waals surface area contributed by atoms with Crippen molar-refractivity contribution in [2.75, 3.05) is 5.32 Å². The van der Waals surface area contributed by atoms with Crippen molar-refractivity contribution in [3.05, 3.63) is 35.2 Å². The zero-order chi connectivity index (χ0) is 17.4. The molecule has 0 bridgehead atoms. The van der Waals surface area contributed by atoms with Crippen LogP contribution in [0.1, 0.15) is 31.2 Å². The average molecular weight is 355 g/mol. The van der Waals surface area contributed by atoms with Gasteiger partial charge in [-0.1, -0.05) is 0 Å². The van der Waals surface area contributed by atoms with Gasteiger partial charge in [-0.2, -0.15) is 0 Å². The molecular formula is C19H21N3O2S. The maximum absolute atomic E-state index is 10.6. The Morgan fingerprint density at radius 2 is 2.08 bits per heavy atom. The smallest absolute Gasteiger partial charge is 0.149 e. The van der Waals surface area contributed by atoms with Gasteiger partial charge in [0.25, 0.3) is 0 Å². The molecule has 0 aliphatic heterocycles. The van der Waals surface area contributed by atoms with Gasteiger partial charge in [0.2, 0.25) is 0 Å². The third kappa shape index (κ3) is 3.19. The van der Waals surface area contributed by atoms with Gasteiger partial charge < -0.3 is 15.5 Å². The van der Waals surface area contributed by atoms with Gasteiger partial charge in [0.15, 0.2) is 0 Å². The number of rotatable bonds is 3. The number of benzene rings is 1. The number of aromatic nitrogens is 2. The standard InChI is InChI=1S/C19H21N3O2S/c1-11-9-17(20-12-3-2-4-13(23)10-12)21-22-18(11)15-5-6-16-14(19(15)24)7-8-25-16/h5-9,12-13,23-24H,2-4,10H2,1H3,(H,20,21)/t12-,13?/m0/s1. The van der Waals surface area contributed by atoms with Crippen molar-refractivity contribution in [2.45, 2.75) is 44.8 Å². The van der Waals surface area contributed by atoms with Crippen LogP contribution in [0.3, 0.4) is 0 Å². The van der Waals surface area contributed by atoms with Crippen molar-refractivity contribution in [3.63, 3.8) is 0 Å². The van der Waals surface area contributed by atoms with E-state index in [1.54, 1.807) is 11.3 Å². The number of fused-ring (bicyclic) bond motifs is 1. The Labute approximate surface area is 150 Å². The normalized spacial score (nSPS) is 20.7. The number of aliphatic hydroxyl groups excluding tert-OH is 1. The topological polar surface area (TPSA) is 78.3 Å². The minimum Gasteiger partial charge on any atom is -0.507 e. The second kappa shape index (κ2) is 6.61. The quantitative estimate of drug-likeness (QED) is 0.659. The number of thiophene rings is 1. The SMILES string of the molecule is Cc1cc(N[C@H]2CCCC(O)C2)nnc1-c1ccc2sccc2c1O. The molecule has 25 heavy (non-hydrogen) atoms. The fraction of sp³-hybridized carbons (Fsp3) is 0.368. The summed E-state index contributed by atoms with van der Waals surface area (Å²) in [6.07, 6.45) is 3.46. The summed E-state index contributed by atoms with van der Waals surface area (Å²) in [4.78, 5) is 0. The zero-order valence-corrected chi connectivity index (χ0v) is 14.9. The highest BCUT2D eigenvalue weighted by Gasteiger charge is 2.21. The summed E-state index contributed by atoms with van der Waals surface area (Å²) in [5.41, 5.74) is 2.36. The van der Waals surface area contributed by atoms with Crippen LogP contribution in [0.5, 0.6) is 5.75 Å². The third-order valence-electron chi connectivity index (χ3n) is 4.84. The van der Waals surface area contributed by atoms with Crippen LogP contribution < -0.4 is 5.32 Å². The first-order valence-electron chi connectivity index (χ1n) is 8.60. The van der Waals surface area contributed by atoms with Gasteiger partial charge in [0, 0.05) is 21.7 Å². The number of nitrogens with zero attached hydrogens (tertiary/aromatic N) is 2. The number of anilines is 1. The number of hydrogen-bond donors (Lipinski definition) is 3. The molecule has 0 saturated heterocycles. The van der Waals surface area contributed by atoms with E-state index < -0.39 is 0 Å². The van der Waals surface area contributed by atoms with E-state index >= 15 is 0 Å². The van der Waals surface area contributed by atoms with Crippen LogP contribution >= 0.6 is 11.3 Å². The molecule has 1 unspecified atom stereocenters. The highest BCUT2D eigenvalue weighted by atomic mass is 32.1. The van der Waals surface area contributed by atoms with E-state index in [0.717, 1.165) is 47.2 Å². The lowest BCUT2D eigenvalue weighted by molar-refractivity contribution is 0.124. The predicted molar refractivity (Wildman–Crippen MR) is 101 cm³/mol. The average Bonchev–Trinajstić information content (AvgIpc) is 3.06. The van der Waals surface area contributed by atoms with E-state index in [-0.39, 0.29) is 17.9 Å². The number of aliphatic hydroxyl groups is 1. The van der Waals surface area contributed by atoms with Crippen LogP contribution in [0.25, 0.3) is 21.3 Å². The summed E-state index contributed by atoms with van der Waals surface area (Å²) in [5.74, 6) is 0.976. The maximum Gasteiger partial charge on any atom is 0.149 e. The van der Waals surface area contributed by atoms with E-state index in [1.165, 1.54) is 0 Å². The highest BCUT2D eigenvalue weighted by Crippen LogP contribution is 2.38. The largest absolute Gasteiger partial charge is 0.507 e. The van der Waals surface area contributed by atoms with Crippen LogP contribution in [0.15, 0.2) is 29.6 Å². The Bertz CT molecular complexity index is 909. The Morgan fingerprint density at radius 3 is 2.88 bits per heavy atom. The summed E-state index contributed by atoms with van der Waals surface area (Å²) in [5, 5.41) is 35.2. The van der Waals surface area contributed by atoms with Crippen LogP contribution in [0.4, 0.5) is 5.82 Å². The number of hydrogen-bond acceptors (Lipinski definition) is 6. The van der Waals surface area contributed by atoms with E-state index in [9.17, 15) is 10.2 Å². The van der Waals surface area contributed by atoms with Crippen LogP contribution in [-0.4, -0.2) is 32.6 Å². The summed E-state index contributed by atoms with van der Waals surface area (Å²) in [6.45, 7) is 1.97. The van der Waals surface area contributed by atoms with Crippen molar-refractivity contribution < 1.29 is 10.2 Å². The molecule has 1 fully saturated rings. The summed E-state index contributed by atoms with van der Waals surface area (Å²) < 4.78 is 1.06. The number of aromatic hydroxyl groups is 1. The van der Waals surface area contributed by atoms with E-state index in [0.29, 0.717) is 11.3 Å². The Balaban J connectivity index is 1.61. The molecular weight excluding hydrogens is 334 g/mol. The van der Waals surface area contributed by atoms with Gasteiger partial charge in [0.05, 0.1) is 11.8 Å². The molecule has 3 N–H and O–H groups in total. The third-order valence-corrected chi connectivity index (χ3v) is 5.73. The molecule has 0 amide bonds. The molecule has 2 aromatic heterocycles. The first-order valence-corrected chi connectivity index (χ1v) is 9.48. The maximum atomic E-state index is 10.6. The first-order chi connectivity index (χ1) is 12.1.